The molecule has 3 aromatic rings. The predicted molar refractivity (Wildman–Crippen MR) is 94.2 cm³/mol. The average Bonchev–Trinajstić information content (AvgIpc) is 3.24. The van der Waals surface area contributed by atoms with Crippen LogP contribution in [0.3, 0.4) is 0 Å². The van der Waals surface area contributed by atoms with Crippen molar-refractivity contribution in [3.8, 4) is 11.6 Å². The number of carbonyl (C=O) groups is 1. The lowest BCUT2D eigenvalue weighted by atomic mass is 10.3. The first kappa shape index (κ1) is 17.5. The van der Waals surface area contributed by atoms with Crippen molar-refractivity contribution in [2.24, 2.45) is 0 Å². The number of benzene rings is 1. The van der Waals surface area contributed by atoms with Crippen LogP contribution in [0.5, 0.6) is 0 Å². The van der Waals surface area contributed by atoms with Crippen LogP contribution < -0.4 is 5.32 Å². The largest absolute Gasteiger partial charge is 0.461 e. The van der Waals surface area contributed by atoms with Crippen molar-refractivity contribution in [1.82, 2.24) is 14.8 Å². The minimum absolute atomic E-state index is 0.0475. The molecular formula is C16H14ClFN4O2S. The molecule has 9 heteroatoms. The third-order valence-electron chi connectivity index (χ3n) is 3.31. The number of carbonyl (C=O) groups excluding carboxylic acids is 1. The van der Waals surface area contributed by atoms with Crippen LogP contribution in [-0.4, -0.2) is 26.4 Å². The van der Waals surface area contributed by atoms with Crippen LogP contribution in [0.25, 0.3) is 11.6 Å². The number of amides is 1. The van der Waals surface area contributed by atoms with E-state index in [0.29, 0.717) is 28.3 Å². The minimum Gasteiger partial charge on any atom is -0.461 e. The Labute approximate surface area is 152 Å². The standard InChI is InChI=1S/C16H14ClFN4O2S/c1-2-22-15(13-4-3-7-24-13)20-21-16(22)25-9-14(23)19-12-8-10(17)5-6-11(12)18/h3-8H,2,9H2,1H3,(H,19,23). The molecule has 0 saturated carbocycles. The third-order valence-corrected chi connectivity index (χ3v) is 4.51. The lowest BCUT2D eigenvalue weighted by Gasteiger charge is -2.08. The van der Waals surface area contributed by atoms with E-state index in [1.165, 1.54) is 30.0 Å². The summed E-state index contributed by atoms with van der Waals surface area (Å²) in [6.45, 7) is 2.57. The molecule has 0 aliphatic heterocycles. The first-order valence-corrected chi connectivity index (χ1v) is 8.79. The Hall–Kier alpha value is -2.32. The van der Waals surface area contributed by atoms with Crippen molar-refractivity contribution in [3.63, 3.8) is 0 Å². The van der Waals surface area contributed by atoms with E-state index in [4.69, 9.17) is 16.0 Å². The van der Waals surface area contributed by atoms with Gasteiger partial charge >= 0.3 is 0 Å². The minimum atomic E-state index is -0.542. The van der Waals surface area contributed by atoms with Crippen LogP contribution in [0.2, 0.25) is 5.02 Å². The summed E-state index contributed by atoms with van der Waals surface area (Å²) in [4.78, 5) is 12.1. The Morgan fingerprint density at radius 3 is 2.96 bits per heavy atom. The molecule has 0 bridgehead atoms. The van der Waals surface area contributed by atoms with Gasteiger partial charge in [0.05, 0.1) is 17.7 Å². The normalized spacial score (nSPS) is 10.8. The molecule has 1 N–H and O–H groups in total. The second-order valence-corrected chi connectivity index (χ2v) is 6.37. The zero-order chi connectivity index (χ0) is 17.8. The molecule has 130 valence electrons. The first-order chi connectivity index (χ1) is 12.1. The van der Waals surface area contributed by atoms with Crippen molar-refractivity contribution >= 4 is 35.0 Å². The molecule has 0 aliphatic rings. The van der Waals surface area contributed by atoms with Crippen LogP contribution >= 0.6 is 23.4 Å². The highest BCUT2D eigenvalue weighted by molar-refractivity contribution is 7.99. The maximum absolute atomic E-state index is 13.7. The van der Waals surface area contributed by atoms with Gasteiger partial charge in [-0.1, -0.05) is 23.4 Å². The van der Waals surface area contributed by atoms with E-state index in [9.17, 15) is 9.18 Å². The Kier molecular flexibility index (Phi) is 5.40. The number of halogens is 2. The van der Waals surface area contributed by atoms with E-state index in [-0.39, 0.29) is 17.3 Å². The maximum atomic E-state index is 13.7. The average molecular weight is 381 g/mol. The highest BCUT2D eigenvalue weighted by atomic mass is 35.5. The first-order valence-electron chi connectivity index (χ1n) is 7.43. The van der Waals surface area contributed by atoms with Gasteiger partial charge in [-0.05, 0) is 37.3 Å². The number of nitrogens with one attached hydrogen (secondary N) is 1. The van der Waals surface area contributed by atoms with Crippen LogP contribution in [0.15, 0.2) is 46.2 Å². The van der Waals surface area contributed by atoms with Gasteiger partial charge in [0, 0.05) is 11.6 Å². The molecule has 2 heterocycles. The molecule has 1 amide bonds. The van der Waals surface area contributed by atoms with Crippen molar-refractivity contribution in [2.45, 2.75) is 18.6 Å². The molecule has 0 saturated heterocycles. The van der Waals surface area contributed by atoms with Crippen LogP contribution in [-0.2, 0) is 11.3 Å². The van der Waals surface area contributed by atoms with Gasteiger partial charge in [-0.15, -0.1) is 10.2 Å². The van der Waals surface area contributed by atoms with Crippen LogP contribution in [0.4, 0.5) is 10.1 Å². The fourth-order valence-corrected chi connectivity index (χ4v) is 3.15. The molecule has 25 heavy (non-hydrogen) atoms. The van der Waals surface area contributed by atoms with Crippen LogP contribution in [0.1, 0.15) is 6.92 Å². The maximum Gasteiger partial charge on any atom is 0.234 e. The van der Waals surface area contributed by atoms with Gasteiger partial charge in [0.15, 0.2) is 16.7 Å². The predicted octanol–water partition coefficient (Wildman–Crippen LogP) is 4.08. The summed E-state index contributed by atoms with van der Waals surface area (Å²) in [5.74, 6) is 0.348. The van der Waals surface area contributed by atoms with E-state index in [1.807, 2.05) is 11.5 Å². The summed E-state index contributed by atoms with van der Waals surface area (Å²) in [5.41, 5.74) is 0.0475. The van der Waals surface area contributed by atoms with Gasteiger partial charge in [-0.3, -0.25) is 9.36 Å². The molecular weight excluding hydrogens is 367 g/mol. The number of hydrogen-bond donors (Lipinski definition) is 1. The quantitative estimate of drug-likeness (QED) is 0.652. The number of thioether (sulfide) groups is 1. The Morgan fingerprint density at radius 1 is 1.40 bits per heavy atom. The van der Waals surface area contributed by atoms with Crippen LogP contribution in [0, 0.1) is 5.82 Å². The third kappa shape index (κ3) is 4.02. The number of anilines is 1. The Bertz CT molecular complexity index is 882. The van der Waals surface area contributed by atoms with Crippen molar-refractivity contribution in [3.05, 3.63) is 47.4 Å². The Morgan fingerprint density at radius 2 is 2.24 bits per heavy atom. The highest BCUT2D eigenvalue weighted by Gasteiger charge is 2.16. The van der Waals surface area contributed by atoms with E-state index in [2.05, 4.69) is 15.5 Å². The topological polar surface area (TPSA) is 73.0 Å². The Balaban J connectivity index is 1.67. The van der Waals surface area contributed by atoms with Gasteiger partial charge < -0.3 is 9.73 Å². The van der Waals surface area contributed by atoms with Gasteiger partial charge in [-0.25, -0.2) is 4.39 Å². The van der Waals surface area contributed by atoms with Crippen molar-refractivity contribution in [2.75, 3.05) is 11.1 Å². The fraction of sp³-hybridized carbons (Fsp3) is 0.188. The van der Waals surface area contributed by atoms with Crippen molar-refractivity contribution in [1.29, 1.82) is 0 Å². The van der Waals surface area contributed by atoms with E-state index < -0.39 is 5.82 Å². The fourth-order valence-electron chi connectivity index (χ4n) is 2.18. The smallest absolute Gasteiger partial charge is 0.234 e. The summed E-state index contributed by atoms with van der Waals surface area (Å²) in [6, 6.07) is 7.54. The zero-order valence-corrected chi connectivity index (χ0v) is 14.8. The molecule has 0 aliphatic carbocycles. The molecule has 3 rings (SSSR count). The van der Waals surface area contributed by atoms with Gasteiger partial charge in [0.25, 0.3) is 0 Å². The van der Waals surface area contributed by atoms with Gasteiger partial charge in [0.2, 0.25) is 5.91 Å². The second-order valence-electron chi connectivity index (χ2n) is 4.99. The molecule has 0 unspecified atom stereocenters. The number of nitrogens with zero attached hydrogens (tertiary/aromatic N) is 3. The molecule has 2 aromatic heterocycles. The summed E-state index contributed by atoms with van der Waals surface area (Å²) in [5, 5.41) is 11.6. The van der Waals surface area contributed by atoms with Crippen molar-refractivity contribution < 1.29 is 13.6 Å². The number of aromatic nitrogens is 3. The number of rotatable bonds is 6. The number of hydrogen-bond acceptors (Lipinski definition) is 5. The summed E-state index contributed by atoms with van der Waals surface area (Å²) in [6.07, 6.45) is 1.56. The molecule has 0 spiro atoms. The highest BCUT2D eigenvalue weighted by Crippen LogP contribution is 2.25. The molecule has 0 fully saturated rings. The summed E-state index contributed by atoms with van der Waals surface area (Å²) >= 11 is 7.02. The lowest BCUT2D eigenvalue weighted by molar-refractivity contribution is -0.113. The number of furan rings is 1. The monoisotopic (exact) mass is 380 g/mol. The summed E-state index contributed by atoms with van der Waals surface area (Å²) < 4.78 is 20.8. The van der Waals surface area contributed by atoms with E-state index in [0.717, 1.165) is 0 Å². The SMILES string of the molecule is CCn1c(SCC(=O)Nc2cc(Cl)ccc2F)nnc1-c1ccco1. The van der Waals surface area contributed by atoms with Gasteiger partial charge in [-0.2, -0.15) is 0 Å². The van der Waals surface area contributed by atoms with E-state index >= 15 is 0 Å². The molecule has 0 radical (unpaired) electrons. The molecule has 0 atom stereocenters. The lowest BCUT2D eigenvalue weighted by Crippen LogP contribution is -2.15. The second kappa shape index (κ2) is 7.71. The zero-order valence-electron chi connectivity index (χ0n) is 13.2. The van der Waals surface area contributed by atoms with E-state index in [1.54, 1.807) is 18.4 Å². The summed E-state index contributed by atoms with van der Waals surface area (Å²) in [7, 11) is 0. The molecule has 1 aromatic carbocycles. The van der Waals surface area contributed by atoms with Gasteiger partial charge in [0.1, 0.15) is 5.82 Å². The molecule has 6 nitrogen and oxygen atoms in total.